The van der Waals surface area contributed by atoms with Crippen LogP contribution in [0.2, 0.25) is 0 Å². The van der Waals surface area contributed by atoms with Gasteiger partial charge in [0.1, 0.15) is 10.7 Å². The molecule has 2 aromatic rings. The molecule has 0 unspecified atom stereocenters. The number of carbonyl (C=O) groups excluding carboxylic acids is 3. The summed E-state index contributed by atoms with van der Waals surface area (Å²) in [7, 11) is 0. The molecule has 0 aliphatic carbocycles. The molecule has 3 amide bonds. The summed E-state index contributed by atoms with van der Waals surface area (Å²) in [5.74, 6) is -1.08. The Morgan fingerprint density at radius 2 is 1.54 bits per heavy atom. The van der Waals surface area contributed by atoms with Crippen molar-refractivity contribution in [1.29, 1.82) is 0 Å². The SMILES string of the molecule is O=C(c1ccc(NC2=C(Cl)C(=O)N(c3ccccc3)C2=O)cc1)N1CCCC1. The summed E-state index contributed by atoms with van der Waals surface area (Å²) in [5.41, 5.74) is 1.64. The minimum atomic E-state index is -0.568. The van der Waals surface area contributed by atoms with Crippen LogP contribution < -0.4 is 10.2 Å². The van der Waals surface area contributed by atoms with E-state index in [1.165, 1.54) is 0 Å². The average molecular weight is 396 g/mol. The van der Waals surface area contributed by atoms with Crippen molar-refractivity contribution < 1.29 is 14.4 Å². The van der Waals surface area contributed by atoms with E-state index < -0.39 is 11.8 Å². The maximum Gasteiger partial charge on any atom is 0.283 e. The fourth-order valence-electron chi connectivity index (χ4n) is 3.37. The van der Waals surface area contributed by atoms with Crippen molar-refractivity contribution >= 4 is 40.7 Å². The molecular formula is C21H18ClN3O3. The predicted molar refractivity (Wildman–Crippen MR) is 107 cm³/mol. The van der Waals surface area contributed by atoms with Crippen LogP contribution in [-0.4, -0.2) is 35.7 Å². The third-order valence-corrected chi connectivity index (χ3v) is 5.19. The standard InChI is InChI=1S/C21H18ClN3O3/c22-17-18(21(28)25(20(17)27)16-6-2-1-3-7-16)23-15-10-8-14(9-11-15)19(26)24-12-4-5-13-24/h1-3,6-11,23H,4-5,12-13H2. The summed E-state index contributed by atoms with van der Waals surface area (Å²) in [6.45, 7) is 1.57. The number of halogens is 1. The molecule has 0 spiro atoms. The Morgan fingerprint density at radius 1 is 0.893 bits per heavy atom. The van der Waals surface area contributed by atoms with Crippen molar-refractivity contribution in [3.8, 4) is 0 Å². The minimum Gasteiger partial charge on any atom is -0.350 e. The van der Waals surface area contributed by atoms with Crippen molar-refractivity contribution in [3.05, 3.63) is 70.9 Å². The molecule has 2 aliphatic heterocycles. The van der Waals surface area contributed by atoms with Crippen LogP contribution in [0.3, 0.4) is 0 Å². The molecular weight excluding hydrogens is 378 g/mol. The Hall–Kier alpha value is -3.12. The van der Waals surface area contributed by atoms with Crippen LogP contribution in [0, 0.1) is 0 Å². The highest BCUT2D eigenvalue weighted by Gasteiger charge is 2.38. The van der Waals surface area contributed by atoms with Gasteiger partial charge >= 0.3 is 0 Å². The van der Waals surface area contributed by atoms with Gasteiger partial charge < -0.3 is 10.2 Å². The predicted octanol–water partition coefficient (Wildman–Crippen LogP) is 3.36. The maximum absolute atomic E-state index is 12.7. The van der Waals surface area contributed by atoms with Gasteiger partial charge in [0.15, 0.2) is 0 Å². The van der Waals surface area contributed by atoms with E-state index in [-0.39, 0.29) is 16.6 Å². The van der Waals surface area contributed by atoms with Gasteiger partial charge in [-0.3, -0.25) is 14.4 Å². The van der Waals surface area contributed by atoms with Gasteiger partial charge in [-0.25, -0.2) is 4.90 Å². The van der Waals surface area contributed by atoms with Gasteiger partial charge in [-0.1, -0.05) is 29.8 Å². The molecule has 28 heavy (non-hydrogen) atoms. The number of carbonyl (C=O) groups is 3. The molecule has 7 heteroatoms. The summed E-state index contributed by atoms with van der Waals surface area (Å²) < 4.78 is 0. The monoisotopic (exact) mass is 395 g/mol. The Morgan fingerprint density at radius 3 is 2.18 bits per heavy atom. The lowest BCUT2D eigenvalue weighted by atomic mass is 10.2. The summed E-state index contributed by atoms with van der Waals surface area (Å²) in [4.78, 5) is 40.4. The second kappa shape index (κ2) is 7.48. The van der Waals surface area contributed by atoms with Gasteiger partial charge in [0, 0.05) is 24.3 Å². The summed E-state index contributed by atoms with van der Waals surface area (Å²) in [5, 5.41) is 2.76. The van der Waals surface area contributed by atoms with Crippen molar-refractivity contribution in [2.45, 2.75) is 12.8 Å². The molecule has 2 aliphatic rings. The van der Waals surface area contributed by atoms with E-state index in [9.17, 15) is 14.4 Å². The van der Waals surface area contributed by atoms with Crippen molar-refractivity contribution in [2.75, 3.05) is 23.3 Å². The fourth-order valence-corrected chi connectivity index (χ4v) is 3.58. The molecule has 142 valence electrons. The molecule has 2 heterocycles. The number of rotatable bonds is 4. The Labute approximate surface area is 167 Å². The van der Waals surface area contributed by atoms with Gasteiger partial charge in [0.25, 0.3) is 17.7 Å². The zero-order chi connectivity index (χ0) is 19.7. The quantitative estimate of drug-likeness (QED) is 0.806. The first-order valence-electron chi connectivity index (χ1n) is 9.06. The third-order valence-electron chi connectivity index (χ3n) is 4.84. The molecule has 1 saturated heterocycles. The van der Waals surface area contributed by atoms with E-state index in [2.05, 4.69) is 5.32 Å². The second-order valence-electron chi connectivity index (χ2n) is 6.67. The highest BCUT2D eigenvalue weighted by molar-refractivity contribution is 6.53. The first-order chi connectivity index (χ1) is 13.6. The molecule has 0 aromatic heterocycles. The molecule has 6 nitrogen and oxygen atoms in total. The molecule has 2 aromatic carbocycles. The van der Waals surface area contributed by atoms with Crippen molar-refractivity contribution in [1.82, 2.24) is 4.90 Å². The zero-order valence-corrected chi connectivity index (χ0v) is 15.8. The smallest absolute Gasteiger partial charge is 0.283 e. The maximum atomic E-state index is 12.7. The number of anilines is 2. The van der Waals surface area contributed by atoms with E-state index in [1.807, 2.05) is 4.90 Å². The van der Waals surface area contributed by atoms with Crippen LogP contribution in [-0.2, 0) is 9.59 Å². The summed E-state index contributed by atoms with van der Waals surface area (Å²) >= 11 is 6.13. The van der Waals surface area contributed by atoms with Gasteiger partial charge in [-0.05, 0) is 49.2 Å². The summed E-state index contributed by atoms with van der Waals surface area (Å²) in [6.07, 6.45) is 2.07. The number of hydrogen-bond donors (Lipinski definition) is 1. The number of para-hydroxylation sites is 1. The molecule has 0 bridgehead atoms. The lowest BCUT2D eigenvalue weighted by Crippen LogP contribution is -2.32. The van der Waals surface area contributed by atoms with E-state index in [0.29, 0.717) is 16.9 Å². The normalized spacial score (nSPS) is 16.9. The number of likely N-dealkylation sites (tertiary alicyclic amines) is 1. The third kappa shape index (κ3) is 3.27. The first-order valence-corrected chi connectivity index (χ1v) is 9.44. The first kappa shape index (κ1) is 18.3. The fraction of sp³-hybridized carbons (Fsp3) is 0.190. The van der Waals surface area contributed by atoms with Crippen molar-refractivity contribution in [2.24, 2.45) is 0 Å². The van der Waals surface area contributed by atoms with Crippen LogP contribution in [0.4, 0.5) is 11.4 Å². The lowest BCUT2D eigenvalue weighted by molar-refractivity contribution is -0.120. The van der Waals surface area contributed by atoms with Gasteiger partial charge in [0.2, 0.25) is 0 Å². The topological polar surface area (TPSA) is 69.7 Å². The van der Waals surface area contributed by atoms with E-state index in [4.69, 9.17) is 11.6 Å². The highest BCUT2D eigenvalue weighted by atomic mass is 35.5. The number of amides is 3. The Balaban J connectivity index is 1.51. The molecule has 0 radical (unpaired) electrons. The number of nitrogens with one attached hydrogen (secondary N) is 1. The van der Waals surface area contributed by atoms with Crippen LogP contribution in [0.25, 0.3) is 0 Å². The number of hydrogen-bond acceptors (Lipinski definition) is 4. The number of nitrogens with zero attached hydrogens (tertiary/aromatic N) is 2. The van der Waals surface area contributed by atoms with Gasteiger partial charge in [0.05, 0.1) is 5.69 Å². The lowest BCUT2D eigenvalue weighted by Gasteiger charge is -2.16. The molecule has 0 atom stereocenters. The Bertz CT molecular complexity index is 964. The van der Waals surface area contributed by atoms with Gasteiger partial charge in [-0.2, -0.15) is 0 Å². The largest absolute Gasteiger partial charge is 0.350 e. The van der Waals surface area contributed by atoms with E-state index in [0.717, 1.165) is 30.8 Å². The molecule has 1 N–H and O–H groups in total. The van der Waals surface area contributed by atoms with Crippen LogP contribution in [0.1, 0.15) is 23.2 Å². The van der Waals surface area contributed by atoms with Crippen LogP contribution >= 0.6 is 11.6 Å². The minimum absolute atomic E-state index is 0.00340. The average Bonchev–Trinajstić information content (AvgIpc) is 3.33. The van der Waals surface area contributed by atoms with Gasteiger partial charge in [-0.15, -0.1) is 0 Å². The van der Waals surface area contributed by atoms with E-state index in [1.54, 1.807) is 54.6 Å². The van der Waals surface area contributed by atoms with E-state index >= 15 is 0 Å². The molecule has 0 saturated carbocycles. The Kier molecular flexibility index (Phi) is 4.88. The highest BCUT2D eigenvalue weighted by Crippen LogP contribution is 2.30. The number of imide groups is 1. The zero-order valence-electron chi connectivity index (χ0n) is 15.0. The van der Waals surface area contributed by atoms with Crippen molar-refractivity contribution in [3.63, 3.8) is 0 Å². The van der Waals surface area contributed by atoms with Crippen LogP contribution in [0.15, 0.2) is 65.3 Å². The van der Waals surface area contributed by atoms with Crippen LogP contribution in [0.5, 0.6) is 0 Å². The summed E-state index contributed by atoms with van der Waals surface area (Å²) in [6, 6.07) is 15.4. The molecule has 1 fully saturated rings. The number of benzene rings is 2. The second-order valence-corrected chi connectivity index (χ2v) is 7.05. The molecule has 4 rings (SSSR count).